The quantitative estimate of drug-likeness (QED) is 0.784. The van der Waals surface area contributed by atoms with Gasteiger partial charge in [0.05, 0.1) is 12.2 Å². The first-order chi connectivity index (χ1) is 7.75. The molecule has 0 spiro atoms. The van der Waals surface area contributed by atoms with Gasteiger partial charge in [-0.25, -0.2) is 4.98 Å². The van der Waals surface area contributed by atoms with Gasteiger partial charge in [0.25, 0.3) is 0 Å². The molecule has 2 aliphatic heterocycles. The van der Waals surface area contributed by atoms with Crippen LogP contribution >= 0.6 is 0 Å². The fourth-order valence-electron chi connectivity index (χ4n) is 3.00. The van der Waals surface area contributed by atoms with Crippen molar-refractivity contribution in [2.75, 3.05) is 5.73 Å². The minimum Gasteiger partial charge on any atom is -0.383 e. The Kier molecular flexibility index (Phi) is 2.33. The van der Waals surface area contributed by atoms with E-state index in [4.69, 9.17) is 16.2 Å². The number of nitrogens with zero attached hydrogens (tertiary/aromatic N) is 1. The van der Waals surface area contributed by atoms with Crippen molar-refractivity contribution in [3.05, 3.63) is 23.9 Å². The third-order valence-corrected chi connectivity index (χ3v) is 3.84. The molecule has 0 radical (unpaired) electrons. The van der Waals surface area contributed by atoms with E-state index >= 15 is 0 Å². The summed E-state index contributed by atoms with van der Waals surface area (Å²) < 4.78 is 5.83. The minimum atomic E-state index is -0.0380. The average Bonchev–Trinajstić information content (AvgIpc) is 2.90. The van der Waals surface area contributed by atoms with Gasteiger partial charge < -0.3 is 16.2 Å². The third-order valence-electron chi connectivity index (χ3n) is 3.84. The van der Waals surface area contributed by atoms with Crippen LogP contribution in [0.25, 0.3) is 0 Å². The van der Waals surface area contributed by atoms with Crippen molar-refractivity contribution in [1.82, 2.24) is 4.98 Å². The van der Waals surface area contributed by atoms with Crippen LogP contribution in [0.5, 0.6) is 0 Å². The van der Waals surface area contributed by atoms with Crippen molar-refractivity contribution in [2.45, 2.75) is 37.5 Å². The Bertz CT molecular complexity index is 396. The molecule has 4 unspecified atom stereocenters. The van der Waals surface area contributed by atoms with Crippen LogP contribution in [0.15, 0.2) is 18.3 Å². The van der Waals surface area contributed by atoms with Gasteiger partial charge in [-0.05, 0) is 25.3 Å². The molecule has 86 valence electrons. The first kappa shape index (κ1) is 10.1. The molecule has 1 aromatic rings. The molecule has 2 fully saturated rings. The molecule has 2 bridgehead atoms. The van der Waals surface area contributed by atoms with Gasteiger partial charge in [0.2, 0.25) is 0 Å². The summed E-state index contributed by atoms with van der Waals surface area (Å²) in [6.45, 7) is 0. The lowest BCUT2D eigenvalue weighted by Gasteiger charge is -2.25. The maximum atomic E-state index is 6.29. The predicted octanol–water partition coefficient (Wildman–Crippen LogP) is 1.23. The summed E-state index contributed by atoms with van der Waals surface area (Å²) in [5.74, 6) is 0.961. The number of aromatic nitrogens is 1. The predicted molar refractivity (Wildman–Crippen MR) is 61.6 cm³/mol. The maximum absolute atomic E-state index is 6.29. The first-order valence-electron chi connectivity index (χ1n) is 5.87. The van der Waals surface area contributed by atoms with E-state index in [2.05, 4.69) is 4.98 Å². The number of ether oxygens (including phenoxy) is 1. The summed E-state index contributed by atoms with van der Waals surface area (Å²) in [6, 6.07) is 3.82. The highest BCUT2D eigenvalue weighted by molar-refractivity contribution is 5.41. The van der Waals surface area contributed by atoms with Crippen LogP contribution in [0, 0.1) is 5.92 Å². The van der Waals surface area contributed by atoms with Crippen LogP contribution in [-0.4, -0.2) is 17.2 Å². The normalized spacial score (nSPS) is 34.2. The Balaban J connectivity index is 1.83. The fraction of sp³-hybridized carbons (Fsp3) is 0.583. The molecule has 4 nitrogen and oxygen atoms in total. The van der Waals surface area contributed by atoms with Gasteiger partial charge >= 0.3 is 0 Å². The van der Waals surface area contributed by atoms with E-state index in [0.717, 1.165) is 18.4 Å². The highest BCUT2D eigenvalue weighted by Crippen LogP contribution is 2.44. The summed E-state index contributed by atoms with van der Waals surface area (Å²) in [4.78, 5) is 4.09. The van der Waals surface area contributed by atoms with Crippen molar-refractivity contribution in [2.24, 2.45) is 11.7 Å². The van der Waals surface area contributed by atoms with E-state index in [1.165, 1.54) is 6.42 Å². The smallest absolute Gasteiger partial charge is 0.128 e. The third kappa shape index (κ3) is 1.49. The molecule has 4 atom stereocenters. The van der Waals surface area contributed by atoms with Crippen LogP contribution in [0.3, 0.4) is 0 Å². The molecule has 1 aromatic heterocycles. The molecule has 3 heterocycles. The molecule has 2 saturated heterocycles. The summed E-state index contributed by atoms with van der Waals surface area (Å²) >= 11 is 0. The zero-order valence-corrected chi connectivity index (χ0v) is 9.17. The number of hydrogen-bond donors (Lipinski definition) is 2. The Morgan fingerprint density at radius 1 is 1.44 bits per heavy atom. The van der Waals surface area contributed by atoms with Crippen molar-refractivity contribution in [1.29, 1.82) is 0 Å². The number of fused-ring (bicyclic) bond motifs is 2. The Morgan fingerprint density at radius 2 is 2.31 bits per heavy atom. The molecule has 2 aliphatic rings. The van der Waals surface area contributed by atoms with Crippen LogP contribution in [-0.2, 0) is 4.74 Å². The number of anilines is 1. The van der Waals surface area contributed by atoms with Gasteiger partial charge in [0.1, 0.15) is 5.82 Å². The lowest BCUT2D eigenvalue weighted by atomic mass is 9.81. The van der Waals surface area contributed by atoms with E-state index in [0.29, 0.717) is 23.9 Å². The van der Waals surface area contributed by atoms with E-state index in [1.807, 2.05) is 12.1 Å². The Morgan fingerprint density at radius 3 is 2.94 bits per heavy atom. The lowest BCUT2D eigenvalue weighted by molar-refractivity contribution is 0.0885. The average molecular weight is 219 g/mol. The summed E-state index contributed by atoms with van der Waals surface area (Å²) in [5.41, 5.74) is 13.1. The molecule has 0 saturated carbocycles. The highest BCUT2D eigenvalue weighted by Gasteiger charge is 2.44. The number of nitrogen functional groups attached to an aromatic ring is 1. The molecule has 0 aromatic carbocycles. The molecule has 0 amide bonds. The number of rotatable bonds is 2. The Labute approximate surface area is 95.0 Å². The van der Waals surface area contributed by atoms with Gasteiger partial charge in [-0.15, -0.1) is 0 Å². The molecular weight excluding hydrogens is 202 g/mol. The number of hydrogen-bond acceptors (Lipinski definition) is 4. The van der Waals surface area contributed by atoms with Gasteiger partial charge in [0.15, 0.2) is 0 Å². The molecule has 3 rings (SSSR count). The largest absolute Gasteiger partial charge is 0.383 e. The van der Waals surface area contributed by atoms with Gasteiger partial charge in [-0.3, -0.25) is 0 Å². The van der Waals surface area contributed by atoms with Crippen LogP contribution in [0.2, 0.25) is 0 Å². The zero-order chi connectivity index (χ0) is 11.1. The topological polar surface area (TPSA) is 74.2 Å². The molecular formula is C12H17N3O. The highest BCUT2D eigenvalue weighted by atomic mass is 16.5. The van der Waals surface area contributed by atoms with E-state index < -0.39 is 0 Å². The summed E-state index contributed by atoms with van der Waals surface area (Å²) in [5, 5.41) is 0. The zero-order valence-electron chi connectivity index (χ0n) is 9.17. The SMILES string of the molecule is Nc1ncccc1C(N)C1CC2CCC1O2. The summed E-state index contributed by atoms with van der Waals surface area (Å²) in [6.07, 6.45) is 5.86. The van der Waals surface area contributed by atoms with Crippen LogP contribution in [0.4, 0.5) is 5.82 Å². The van der Waals surface area contributed by atoms with Crippen LogP contribution in [0.1, 0.15) is 30.9 Å². The standard InChI is InChI=1S/C12H17N3O/c13-11(8-2-1-5-15-12(8)14)9-6-7-3-4-10(9)16-7/h1-2,5,7,9-11H,3-4,6,13H2,(H2,14,15). The molecule has 4 N–H and O–H groups in total. The minimum absolute atomic E-state index is 0.0380. The fourth-order valence-corrected chi connectivity index (χ4v) is 3.00. The number of nitrogens with two attached hydrogens (primary N) is 2. The van der Waals surface area contributed by atoms with E-state index in [1.54, 1.807) is 6.20 Å². The van der Waals surface area contributed by atoms with Crippen molar-refractivity contribution in [3.63, 3.8) is 0 Å². The Hall–Kier alpha value is -1.13. The summed E-state index contributed by atoms with van der Waals surface area (Å²) in [7, 11) is 0. The van der Waals surface area contributed by atoms with Crippen molar-refractivity contribution < 1.29 is 4.74 Å². The first-order valence-corrected chi connectivity index (χ1v) is 5.87. The molecule has 16 heavy (non-hydrogen) atoms. The van der Waals surface area contributed by atoms with Crippen molar-refractivity contribution in [3.8, 4) is 0 Å². The second kappa shape index (κ2) is 3.71. The number of pyridine rings is 1. The monoisotopic (exact) mass is 219 g/mol. The van der Waals surface area contributed by atoms with E-state index in [-0.39, 0.29) is 6.04 Å². The lowest BCUT2D eigenvalue weighted by Crippen LogP contribution is -2.30. The van der Waals surface area contributed by atoms with Gasteiger partial charge in [-0.1, -0.05) is 6.07 Å². The second-order valence-corrected chi connectivity index (χ2v) is 4.78. The van der Waals surface area contributed by atoms with Crippen LogP contribution < -0.4 is 11.5 Å². The molecule has 0 aliphatic carbocycles. The maximum Gasteiger partial charge on any atom is 0.128 e. The molecule has 4 heteroatoms. The second-order valence-electron chi connectivity index (χ2n) is 4.78. The van der Waals surface area contributed by atoms with E-state index in [9.17, 15) is 0 Å². The van der Waals surface area contributed by atoms with Crippen molar-refractivity contribution >= 4 is 5.82 Å². The van der Waals surface area contributed by atoms with Gasteiger partial charge in [0, 0.05) is 23.7 Å². The van der Waals surface area contributed by atoms with Gasteiger partial charge in [-0.2, -0.15) is 0 Å².